The molecular weight excluding hydrogens is 244 g/mol. The number of hydrogen-bond donors (Lipinski definition) is 1. The maximum absolute atomic E-state index is 9.61. The predicted octanol–water partition coefficient (Wildman–Crippen LogP) is 1.58. The molecule has 0 amide bonds. The molecule has 1 aromatic carbocycles. The Hall–Kier alpha value is -1.38. The van der Waals surface area contributed by atoms with Gasteiger partial charge in [-0.15, -0.1) is 0 Å². The van der Waals surface area contributed by atoms with Crippen molar-refractivity contribution < 1.29 is 19.3 Å². The first-order valence-electron chi connectivity index (χ1n) is 6.10. The monoisotopic (exact) mass is 264 g/mol. The SMILES string of the molecule is COC(CC#C[C@H](O)COCc1ccccc1)OC. The second-order valence-corrected chi connectivity index (χ2v) is 3.94. The lowest BCUT2D eigenvalue weighted by Crippen LogP contribution is -2.14. The standard InChI is InChI=1S/C15H20O4/c1-17-15(18-2)10-6-9-14(16)12-19-11-13-7-4-3-5-8-13/h3-5,7-8,14-16H,10-12H2,1-2H3/t14-/m0/s1. The summed E-state index contributed by atoms with van der Waals surface area (Å²) in [6.07, 6.45) is -0.731. The Morgan fingerprint density at radius 1 is 1.16 bits per heavy atom. The van der Waals surface area contributed by atoms with Gasteiger partial charge in [-0.25, -0.2) is 0 Å². The minimum absolute atomic E-state index is 0.187. The van der Waals surface area contributed by atoms with Gasteiger partial charge in [0.05, 0.1) is 19.6 Å². The fraction of sp³-hybridized carbons (Fsp3) is 0.467. The van der Waals surface area contributed by atoms with E-state index in [0.717, 1.165) is 5.56 Å². The van der Waals surface area contributed by atoms with E-state index in [1.165, 1.54) is 0 Å². The summed E-state index contributed by atoms with van der Waals surface area (Å²) in [6.45, 7) is 0.658. The summed E-state index contributed by atoms with van der Waals surface area (Å²) in [7, 11) is 3.10. The lowest BCUT2D eigenvalue weighted by Gasteiger charge is -2.09. The minimum atomic E-state index is -0.793. The van der Waals surface area contributed by atoms with Crippen LogP contribution >= 0.6 is 0 Å². The first-order valence-corrected chi connectivity index (χ1v) is 6.10. The number of benzene rings is 1. The molecule has 1 N–H and O–H groups in total. The molecule has 1 aromatic rings. The Balaban J connectivity index is 2.21. The smallest absolute Gasteiger partial charge is 0.167 e. The van der Waals surface area contributed by atoms with E-state index < -0.39 is 6.10 Å². The summed E-state index contributed by atoms with van der Waals surface area (Å²) in [5, 5.41) is 9.61. The van der Waals surface area contributed by atoms with Crippen LogP contribution in [-0.4, -0.2) is 38.3 Å². The molecule has 1 rings (SSSR count). The summed E-state index contributed by atoms with van der Waals surface area (Å²) in [4.78, 5) is 0. The first-order chi connectivity index (χ1) is 9.26. The third-order valence-corrected chi connectivity index (χ3v) is 2.45. The molecule has 0 bridgehead atoms. The molecule has 0 aromatic heterocycles. The Labute approximate surface area is 114 Å². The number of rotatable bonds is 7. The minimum Gasteiger partial charge on any atom is -0.378 e. The van der Waals surface area contributed by atoms with Crippen molar-refractivity contribution >= 4 is 0 Å². The highest BCUT2D eigenvalue weighted by molar-refractivity contribution is 5.13. The van der Waals surface area contributed by atoms with E-state index in [9.17, 15) is 5.11 Å². The molecule has 0 fully saturated rings. The molecule has 1 atom stereocenters. The van der Waals surface area contributed by atoms with Gasteiger partial charge >= 0.3 is 0 Å². The molecule has 0 saturated heterocycles. The van der Waals surface area contributed by atoms with E-state index in [0.29, 0.717) is 13.0 Å². The van der Waals surface area contributed by atoms with Crippen molar-refractivity contribution in [1.82, 2.24) is 0 Å². The van der Waals surface area contributed by atoms with E-state index in [1.807, 2.05) is 30.3 Å². The molecule has 0 aliphatic carbocycles. The van der Waals surface area contributed by atoms with Crippen LogP contribution in [0.25, 0.3) is 0 Å². The highest BCUT2D eigenvalue weighted by Gasteiger charge is 2.02. The van der Waals surface area contributed by atoms with E-state index in [2.05, 4.69) is 11.8 Å². The number of methoxy groups -OCH3 is 2. The summed E-state index contributed by atoms with van der Waals surface area (Å²) in [6, 6.07) is 9.79. The van der Waals surface area contributed by atoms with Crippen LogP contribution in [0.2, 0.25) is 0 Å². The van der Waals surface area contributed by atoms with Crippen LogP contribution in [0.3, 0.4) is 0 Å². The largest absolute Gasteiger partial charge is 0.378 e. The summed E-state index contributed by atoms with van der Waals surface area (Å²) < 4.78 is 15.3. The molecule has 0 unspecified atom stereocenters. The quantitative estimate of drug-likeness (QED) is 0.600. The Morgan fingerprint density at radius 3 is 2.47 bits per heavy atom. The van der Waals surface area contributed by atoms with Crippen molar-refractivity contribution in [3.8, 4) is 11.8 Å². The van der Waals surface area contributed by atoms with E-state index in [4.69, 9.17) is 14.2 Å². The zero-order chi connectivity index (χ0) is 13.9. The Kier molecular flexibility index (Phi) is 7.87. The maximum atomic E-state index is 9.61. The van der Waals surface area contributed by atoms with Gasteiger partial charge < -0.3 is 19.3 Å². The normalized spacial score (nSPS) is 12.0. The van der Waals surface area contributed by atoms with Gasteiger partial charge in [0, 0.05) is 14.2 Å². The molecule has 0 heterocycles. The molecule has 0 radical (unpaired) electrons. The zero-order valence-electron chi connectivity index (χ0n) is 11.3. The average Bonchev–Trinajstić information content (AvgIpc) is 2.45. The van der Waals surface area contributed by atoms with Gasteiger partial charge in [0.15, 0.2) is 6.29 Å². The van der Waals surface area contributed by atoms with Crippen LogP contribution in [0.4, 0.5) is 0 Å². The van der Waals surface area contributed by atoms with Crippen LogP contribution in [0.5, 0.6) is 0 Å². The molecule has 0 aliphatic heterocycles. The number of hydrogen-bond acceptors (Lipinski definition) is 4. The Bertz CT molecular complexity index is 390. The molecule has 0 spiro atoms. The van der Waals surface area contributed by atoms with Crippen LogP contribution < -0.4 is 0 Å². The van der Waals surface area contributed by atoms with Crippen molar-refractivity contribution in [2.24, 2.45) is 0 Å². The van der Waals surface area contributed by atoms with Crippen LogP contribution in [0, 0.1) is 11.8 Å². The molecule has 0 aliphatic rings. The van der Waals surface area contributed by atoms with Gasteiger partial charge in [-0.3, -0.25) is 0 Å². The average molecular weight is 264 g/mol. The van der Waals surface area contributed by atoms with Crippen LogP contribution in [0.15, 0.2) is 30.3 Å². The fourth-order valence-electron chi connectivity index (χ4n) is 1.43. The fourth-order valence-corrected chi connectivity index (χ4v) is 1.43. The van der Waals surface area contributed by atoms with Gasteiger partial charge in [0.25, 0.3) is 0 Å². The van der Waals surface area contributed by atoms with Crippen molar-refractivity contribution in [3.05, 3.63) is 35.9 Å². The van der Waals surface area contributed by atoms with Gasteiger partial charge in [0.1, 0.15) is 6.10 Å². The van der Waals surface area contributed by atoms with Crippen LogP contribution in [0.1, 0.15) is 12.0 Å². The highest BCUT2D eigenvalue weighted by atomic mass is 16.7. The van der Waals surface area contributed by atoms with E-state index in [-0.39, 0.29) is 12.9 Å². The van der Waals surface area contributed by atoms with Gasteiger partial charge in [0.2, 0.25) is 0 Å². The second-order valence-electron chi connectivity index (χ2n) is 3.94. The van der Waals surface area contributed by atoms with Gasteiger partial charge in [-0.2, -0.15) is 0 Å². The number of aliphatic hydroxyl groups excluding tert-OH is 1. The lowest BCUT2D eigenvalue weighted by molar-refractivity contribution is -0.0973. The topological polar surface area (TPSA) is 47.9 Å². The third kappa shape index (κ3) is 6.94. The van der Waals surface area contributed by atoms with E-state index >= 15 is 0 Å². The molecular formula is C15H20O4. The first kappa shape index (κ1) is 15.7. The predicted molar refractivity (Wildman–Crippen MR) is 72.3 cm³/mol. The van der Waals surface area contributed by atoms with Crippen LogP contribution in [-0.2, 0) is 20.8 Å². The second kappa shape index (κ2) is 9.54. The molecule has 19 heavy (non-hydrogen) atoms. The zero-order valence-corrected chi connectivity index (χ0v) is 11.3. The van der Waals surface area contributed by atoms with E-state index in [1.54, 1.807) is 14.2 Å². The summed E-state index contributed by atoms with van der Waals surface area (Å²) in [5.74, 6) is 5.49. The summed E-state index contributed by atoms with van der Waals surface area (Å²) >= 11 is 0. The maximum Gasteiger partial charge on any atom is 0.167 e. The lowest BCUT2D eigenvalue weighted by atomic mass is 10.2. The highest BCUT2D eigenvalue weighted by Crippen LogP contribution is 2.01. The summed E-state index contributed by atoms with van der Waals surface area (Å²) in [5.41, 5.74) is 1.07. The van der Waals surface area contributed by atoms with Gasteiger partial charge in [-0.1, -0.05) is 42.2 Å². The van der Waals surface area contributed by atoms with Crippen molar-refractivity contribution in [3.63, 3.8) is 0 Å². The van der Waals surface area contributed by atoms with Gasteiger partial charge in [-0.05, 0) is 5.56 Å². The third-order valence-electron chi connectivity index (χ3n) is 2.45. The number of ether oxygens (including phenoxy) is 3. The molecule has 4 heteroatoms. The number of aliphatic hydroxyl groups is 1. The van der Waals surface area contributed by atoms with Crippen molar-refractivity contribution in [2.75, 3.05) is 20.8 Å². The Morgan fingerprint density at radius 2 is 1.84 bits per heavy atom. The molecule has 0 saturated carbocycles. The molecule has 4 nitrogen and oxygen atoms in total. The van der Waals surface area contributed by atoms with Crippen molar-refractivity contribution in [1.29, 1.82) is 0 Å². The molecule has 104 valence electrons. The van der Waals surface area contributed by atoms with Crippen molar-refractivity contribution in [2.45, 2.75) is 25.4 Å².